The van der Waals surface area contributed by atoms with Crippen molar-refractivity contribution in [3.63, 3.8) is 0 Å². The van der Waals surface area contributed by atoms with Gasteiger partial charge < -0.3 is 15.5 Å². The topological polar surface area (TPSA) is 81.8 Å². The summed E-state index contributed by atoms with van der Waals surface area (Å²) < 4.78 is 0. The molecule has 7 nitrogen and oxygen atoms in total. The molecule has 0 saturated carbocycles. The summed E-state index contributed by atoms with van der Waals surface area (Å²) in [5.41, 5.74) is 1.73. The Morgan fingerprint density at radius 2 is 2.09 bits per heavy atom. The number of carbonyl (C=O) groups is 3. The van der Waals surface area contributed by atoms with Gasteiger partial charge in [0.2, 0.25) is 11.8 Å². The SMILES string of the molecule is CCN(Cc1ccccc1NCC(=O)N1CCNC1=O)C(C)=O. The molecule has 1 saturated heterocycles. The minimum Gasteiger partial charge on any atom is -0.376 e. The molecule has 124 valence electrons. The summed E-state index contributed by atoms with van der Waals surface area (Å²) in [4.78, 5) is 38.0. The maximum atomic E-state index is 12.1. The third-order valence-electron chi connectivity index (χ3n) is 3.79. The second-order valence-corrected chi connectivity index (χ2v) is 5.32. The molecule has 4 amide bonds. The second-order valence-electron chi connectivity index (χ2n) is 5.32. The number of nitrogens with one attached hydrogen (secondary N) is 2. The molecule has 0 atom stereocenters. The average molecular weight is 318 g/mol. The largest absolute Gasteiger partial charge is 0.376 e. The number of amides is 4. The van der Waals surface area contributed by atoms with E-state index in [1.807, 2.05) is 31.2 Å². The first-order valence-electron chi connectivity index (χ1n) is 7.68. The molecule has 7 heteroatoms. The van der Waals surface area contributed by atoms with Gasteiger partial charge in [-0.3, -0.25) is 14.5 Å². The van der Waals surface area contributed by atoms with Gasteiger partial charge in [0.25, 0.3) is 0 Å². The molecule has 1 aromatic rings. The predicted octanol–water partition coefficient (Wildman–Crippen LogP) is 1.02. The van der Waals surface area contributed by atoms with E-state index in [4.69, 9.17) is 0 Å². The molecule has 0 aliphatic carbocycles. The number of benzene rings is 1. The third-order valence-corrected chi connectivity index (χ3v) is 3.79. The Hall–Kier alpha value is -2.57. The zero-order valence-electron chi connectivity index (χ0n) is 13.5. The highest BCUT2D eigenvalue weighted by Crippen LogP contribution is 2.17. The first kappa shape index (κ1) is 16.8. The second kappa shape index (κ2) is 7.62. The number of rotatable bonds is 6. The summed E-state index contributed by atoms with van der Waals surface area (Å²) in [6.45, 7) is 5.49. The molecule has 1 aromatic carbocycles. The maximum Gasteiger partial charge on any atom is 0.324 e. The van der Waals surface area contributed by atoms with Crippen molar-refractivity contribution in [3.8, 4) is 0 Å². The molecule has 2 rings (SSSR count). The lowest BCUT2D eigenvalue weighted by molar-refractivity contribution is -0.129. The van der Waals surface area contributed by atoms with Crippen LogP contribution < -0.4 is 10.6 Å². The van der Waals surface area contributed by atoms with Crippen LogP contribution in [0.4, 0.5) is 10.5 Å². The van der Waals surface area contributed by atoms with Crippen LogP contribution in [0.3, 0.4) is 0 Å². The molecule has 0 spiro atoms. The number of carbonyl (C=O) groups excluding carboxylic acids is 3. The molecule has 2 N–H and O–H groups in total. The van der Waals surface area contributed by atoms with Gasteiger partial charge in [-0.05, 0) is 18.6 Å². The fraction of sp³-hybridized carbons (Fsp3) is 0.438. The zero-order valence-corrected chi connectivity index (χ0v) is 13.5. The first-order valence-corrected chi connectivity index (χ1v) is 7.68. The molecular formula is C16H22N4O3. The van der Waals surface area contributed by atoms with Crippen LogP contribution >= 0.6 is 0 Å². The Labute approximate surface area is 135 Å². The Kier molecular flexibility index (Phi) is 5.56. The molecule has 0 aromatic heterocycles. The van der Waals surface area contributed by atoms with Crippen molar-refractivity contribution in [2.45, 2.75) is 20.4 Å². The van der Waals surface area contributed by atoms with Crippen LogP contribution in [0, 0.1) is 0 Å². The lowest BCUT2D eigenvalue weighted by Crippen LogP contribution is -2.38. The van der Waals surface area contributed by atoms with Gasteiger partial charge in [0.1, 0.15) is 0 Å². The fourth-order valence-corrected chi connectivity index (χ4v) is 2.46. The lowest BCUT2D eigenvalue weighted by Gasteiger charge is -2.21. The Morgan fingerprint density at radius 1 is 1.35 bits per heavy atom. The van der Waals surface area contributed by atoms with Crippen LogP contribution in [0.25, 0.3) is 0 Å². The van der Waals surface area contributed by atoms with Crippen LogP contribution in [0.2, 0.25) is 0 Å². The number of hydrogen-bond acceptors (Lipinski definition) is 4. The van der Waals surface area contributed by atoms with E-state index < -0.39 is 0 Å². The normalized spacial score (nSPS) is 13.7. The number of para-hydroxylation sites is 1. The van der Waals surface area contributed by atoms with E-state index in [1.165, 1.54) is 11.8 Å². The van der Waals surface area contributed by atoms with Crippen molar-refractivity contribution < 1.29 is 14.4 Å². The summed E-state index contributed by atoms with van der Waals surface area (Å²) in [6.07, 6.45) is 0. The van der Waals surface area contributed by atoms with Gasteiger partial charge in [0, 0.05) is 38.8 Å². The highest BCUT2D eigenvalue weighted by Gasteiger charge is 2.25. The van der Waals surface area contributed by atoms with E-state index in [0.717, 1.165) is 11.3 Å². The van der Waals surface area contributed by atoms with Crippen molar-refractivity contribution in [1.29, 1.82) is 0 Å². The molecule has 23 heavy (non-hydrogen) atoms. The Morgan fingerprint density at radius 3 is 2.70 bits per heavy atom. The predicted molar refractivity (Wildman–Crippen MR) is 86.8 cm³/mol. The number of anilines is 1. The molecule has 0 bridgehead atoms. The third kappa shape index (κ3) is 4.21. The highest BCUT2D eigenvalue weighted by molar-refractivity contribution is 5.97. The number of imide groups is 1. The zero-order chi connectivity index (χ0) is 16.8. The Balaban J connectivity index is 2.01. The van der Waals surface area contributed by atoms with Crippen molar-refractivity contribution >= 4 is 23.5 Å². The average Bonchev–Trinajstić information content (AvgIpc) is 2.97. The highest BCUT2D eigenvalue weighted by atomic mass is 16.2. The molecule has 1 heterocycles. The van der Waals surface area contributed by atoms with Crippen molar-refractivity contribution in [2.24, 2.45) is 0 Å². The summed E-state index contributed by atoms with van der Waals surface area (Å²) in [5, 5.41) is 5.67. The molecule has 1 aliphatic rings. The van der Waals surface area contributed by atoms with Gasteiger partial charge in [-0.1, -0.05) is 18.2 Å². The van der Waals surface area contributed by atoms with E-state index in [2.05, 4.69) is 10.6 Å². The van der Waals surface area contributed by atoms with Crippen LogP contribution in [0.15, 0.2) is 24.3 Å². The number of nitrogens with zero attached hydrogens (tertiary/aromatic N) is 2. The Bertz CT molecular complexity index is 603. The van der Waals surface area contributed by atoms with Gasteiger partial charge in [0.05, 0.1) is 6.54 Å². The van der Waals surface area contributed by atoms with Gasteiger partial charge in [0.15, 0.2) is 0 Å². The first-order chi connectivity index (χ1) is 11.0. The number of urea groups is 1. The van der Waals surface area contributed by atoms with E-state index in [9.17, 15) is 14.4 Å². The molecule has 0 unspecified atom stereocenters. The lowest BCUT2D eigenvalue weighted by atomic mass is 10.1. The van der Waals surface area contributed by atoms with Gasteiger partial charge >= 0.3 is 6.03 Å². The van der Waals surface area contributed by atoms with Gasteiger partial charge in [-0.2, -0.15) is 0 Å². The van der Waals surface area contributed by atoms with Crippen molar-refractivity contribution in [2.75, 3.05) is 31.5 Å². The van der Waals surface area contributed by atoms with E-state index >= 15 is 0 Å². The molecule has 1 fully saturated rings. The standard InChI is InChI=1S/C16H22N4O3/c1-3-19(12(2)21)11-13-6-4-5-7-14(13)18-10-15(22)20-9-8-17-16(20)23/h4-7,18H,3,8-11H2,1-2H3,(H,17,23). The summed E-state index contributed by atoms with van der Waals surface area (Å²) in [7, 11) is 0. The minimum absolute atomic E-state index is 0.00659. The van der Waals surface area contributed by atoms with Crippen molar-refractivity contribution in [3.05, 3.63) is 29.8 Å². The smallest absolute Gasteiger partial charge is 0.324 e. The minimum atomic E-state index is -0.348. The van der Waals surface area contributed by atoms with Gasteiger partial charge in [-0.15, -0.1) is 0 Å². The van der Waals surface area contributed by atoms with Crippen LogP contribution in [-0.4, -0.2) is 53.8 Å². The summed E-state index contributed by atoms with van der Waals surface area (Å²) in [6, 6.07) is 7.19. The summed E-state index contributed by atoms with van der Waals surface area (Å²) in [5.74, 6) is -0.263. The number of hydrogen-bond donors (Lipinski definition) is 2. The van der Waals surface area contributed by atoms with Crippen LogP contribution in [-0.2, 0) is 16.1 Å². The monoisotopic (exact) mass is 318 g/mol. The van der Waals surface area contributed by atoms with Crippen LogP contribution in [0.5, 0.6) is 0 Å². The van der Waals surface area contributed by atoms with E-state index in [1.54, 1.807) is 4.90 Å². The summed E-state index contributed by atoms with van der Waals surface area (Å²) >= 11 is 0. The molecule has 1 aliphatic heterocycles. The van der Waals surface area contributed by atoms with E-state index in [-0.39, 0.29) is 24.4 Å². The maximum absolute atomic E-state index is 12.1. The van der Waals surface area contributed by atoms with Crippen molar-refractivity contribution in [1.82, 2.24) is 15.1 Å². The quantitative estimate of drug-likeness (QED) is 0.820. The molecule has 0 radical (unpaired) electrons. The molecular weight excluding hydrogens is 296 g/mol. The van der Waals surface area contributed by atoms with Crippen LogP contribution in [0.1, 0.15) is 19.4 Å². The van der Waals surface area contributed by atoms with E-state index in [0.29, 0.717) is 26.2 Å². The van der Waals surface area contributed by atoms with Gasteiger partial charge in [-0.25, -0.2) is 4.79 Å². The fourth-order valence-electron chi connectivity index (χ4n) is 2.46.